The molecule has 0 heterocycles. The van der Waals surface area contributed by atoms with Gasteiger partial charge in [-0.05, 0) is 96.3 Å². The molecule has 0 aromatic rings. The van der Waals surface area contributed by atoms with Crippen LogP contribution in [0, 0.1) is 0 Å². The first-order chi connectivity index (χ1) is 40.5. The monoisotopic (exact) mass is 1170 g/mol. The molecular formula is C74H129N2O6P. The van der Waals surface area contributed by atoms with Crippen molar-refractivity contribution in [2.24, 2.45) is 0 Å². The van der Waals surface area contributed by atoms with Crippen molar-refractivity contribution < 1.29 is 32.9 Å². The minimum absolute atomic E-state index is 0.00176. The predicted molar refractivity (Wildman–Crippen MR) is 362 cm³/mol. The highest BCUT2D eigenvalue weighted by atomic mass is 31.2. The van der Waals surface area contributed by atoms with Crippen LogP contribution in [-0.2, 0) is 18.4 Å². The van der Waals surface area contributed by atoms with E-state index in [9.17, 15) is 19.4 Å². The number of phosphoric ester groups is 1. The number of quaternary nitrogens is 1. The van der Waals surface area contributed by atoms with Crippen LogP contribution < -0.4 is 10.2 Å². The first-order valence-corrected chi connectivity index (χ1v) is 35.5. The van der Waals surface area contributed by atoms with Gasteiger partial charge in [-0.1, -0.05) is 308 Å². The number of likely N-dealkylation sites (N-methyl/N-ethyl adjacent to an activating group) is 1. The summed E-state index contributed by atoms with van der Waals surface area (Å²) >= 11 is 0. The number of carbonyl (C=O) groups is 1. The van der Waals surface area contributed by atoms with Crippen LogP contribution in [0.2, 0.25) is 0 Å². The summed E-state index contributed by atoms with van der Waals surface area (Å²) in [6, 6.07) is -0.822. The van der Waals surface area contributed by atoms with Crippen molar-refractivity contribution >= 4 is 13.7 Å². The summed E-state index contributed by atoms with van der Waals surface area (Å²) in [4.78, 5) is 25.6. The van der Waals surface area contributed by atoms with Gasteiger partial charge < -0.3 is 28.8 Å². The Balaban J connectivity index is 4.17. The summed E-state index contributed by atoms with van der Waals surface area (Å²) in [5, 5.41) is 14.1. The van der Waals surface area contributed by atoms with Crippen LogP contribution in [0.5, 0.6) is 0 Å². The lowest BCUT2D eigenvalue weighted by Crippen LogP contribution is -2.46. The van der Waals surface area contributed by atoms with Crippen molar-refractivity contribution in [3.05, 3.63) is 134 Å². The third-order valence-electron chi connectivity index (χ3n) is 14.7. The van der Waals surface area contributed by atoms with Gasteiger partial charge in [0.25, 0.3) is 7.82 Å². The number of hydrogen-bond acceptors (Lipinski definition) is 6. The number of aliphatic hydroxyl groups excluding tert-OH is 1. The molecule has 3 unspecified atom stereocenters. The number of aliphatic hydroxyl groups is 1. The molecule has 0 aliphatic carbocycles. The van der Waals surface area contributed by atoms with Crippen molar-refractivity contribution in [3.8, 4) is 0 Å². The molecule has 0 rings (SSSR count). The molecule has 0 saturated heterocycles. The van der Waals surface area contributed by atoms with Gasteiger partial charge in [-0.25, -0.2) is 0 Å². The Morgan fingerprint density at radius 2 is 0.735 bits per heavy atom. The summed E-state index contributed by atoms with van der Waals surface area (Å²) < 4.78 is 23.5. The topological polar surface area (TPSA) is 108 Å². The van der Waals surface area contributed by atoms with Crippen molar-refractivity contribution in [1.82, 2.24) is 5.32 Å². The lowest BCUT2D eigenvalue weighted by atomic mass is 10.0. The first-order valence-electron chi connectivity index (χ1n) is 34.0. The molecule has 0 radical (unpaired) electrons. The average molecular weight is 1170 g/mol. The zero-order valence-corrected chi connectivity index (χ0v) is 55.2. The van der Waals surface area contributed by atoms with Crippen molar-refractivity contribution in [3.63, 3.8) is 0 Å². The number of rotatable bonds is 61. The van der Waals surface area contributed by atoms with Gasteiger partial charge in [-0.15, -0.1) is 0 Å². The fraction of sp³-hybridized carbons (Fsp3) is 0.689. The van der Waals surface area contributed by atoms with E-state index < -0.39 is 20.0 Å². The molecule has 0 aromatic heterocycles. The van der Waals surface area contributed by atoms with E-state index in [1.165, 1.54) is 122 Å². The summed E-state index contributed by atoms with van der Waals surface area (Å²) in [6.45, 7) is 4.60. The quantitative estimate of drug-likeness (QED) is 0.0272. The van der Waals surface area contributed by atoms with Gasteiger partial charge in [0.2, 0.25) is 5.91 Å². The first kappa shape index (κ1) is 79.6. The molecule has 0 bridgehead atoms. The number of amides is 1. The zero-order chi connectivity index (χ0) is 60.5. The predicted octanol–water partition coefficient (Wildman–Crippen LogP) is 21.2. The molecule has 0 aromatic carbocycles. The van der Waals surface area contributed by atoms with Gasteiger partial charge >= 0.3 is 0 Å². The highest BCUT2D eigenvalue weighted by Crippen LogP contribution is 2.38. The second-order valence-electron chi connectivity index (χ2n) is 23.8. The van der Waals surface area contributed by atoms with E-state index in [0.717, 1.165) is 128 Å². The van der Waals surface area contributed by atoms with Crippen LogP contribution in [0.25, 0.3) is 0 Å². The number of hydrogen-bond donors (Lipinski definition) is 2. The Kier molecular flexibility index (Phi) is 60.6. The molecule has 0 aliphatic heterocycles. The van der Waals surface area contributed by atoms with Gasteiger partial charge in [-0.2, -0.15) is 0 Å². The molecule has 83 heavy (non-hydrogen) atoms. The molecule has 0 aliphatic rings. The lowest BCUT2D eigenvalue weighted by molar-refractivity contribution is -0.870. The summed E-state index contributed by atoms with van der Waals surface area (Å²) in [7, 11) is 1.28. The van der Waals surface area contributed by atoms with Crippen LogP contribution in [0.1, 0.15) is 277 Å². The van der Waals surface area contributed by atoms with Gasteiger partial charge in [0.15, 0.2) is 0 Å². The largest absolute Gasteiger partial charge is 0.756 e. The second-order valence-corrected chi connectivity index (χ2v) is 25.2. The zero-order valence-electron chi connectivity index (χ0n) is 54.4. The number of phosphoric acid groups is 1. The molecule has 0 fully saturated rings. The summed E-state index contributed by atoms with van der Waals surface area (Å²) in [6.07, 6.45) is 95.1. The average Bonchev–Trinajstić information content (AvgIpc) is 3.50. The maximum Gasteiger partial charge on any atom is 0.268 e. The highest BCUT2D eigenvalue weighted by Gasteiger charge is 2.24. The molecule has 1 amide bonds. The third kappa shape index (κ3) is 66.0. The minimum Gasteiger partial charge on any atom is -0.756 e. The number of allylic oxidation sites excluding steroid dienone is 22. The van der Waals surface area contributed by atoms with Crippen LogP contribution in [-0.4, -0.2) is 68.5 Å². The molecular weight excluding hydrogens is 1040 g/mol. The summed E-state index contributed by atoms with van der Waals surface area (Å²) in [5.74, 6) is -0.186. The van der Waals surface area contributed by atoms with E-state index in [4.69, 9.17) is 9.05 Å². The maximum absolute atomic E-state index is 13.0. The number of nitrogens with one attached hydrogen (secondary N) is 1. The summed E-state index contributed by atoms with van der Waals surface area (Å²) in [5.41, 5.74) is 0. The van der Waals surface area contributed by atoms with E-state index >= 15 is 0 Å². The minimum atomic E-state index is -4.59. The Bertz CT molecular complexity index is 1810. The smallest absolute Gasteiger partial charge is 0.268 e. The Morgan fingerprint density at radius 3 is 1.07 bits per heavy atom. The molecule has 2 N–H and O–H groups in total. The molecule has 0 spiro atoms. The van der Waals surface area contributed by atoms with E-state index in [1.807, 2.05) is 21.1 Å². The Hall–Kier alpha value is -3.36. The van der Waals surface area contributed by atoms with Gasteiger partial charge in [0.05, 0.1) is 39.9 Å². The Morgan fingerprint density at radius 1 is 0.434 bits per heavy atom. The van der Waals surface area contributed by atoms with E-state index in [1.54, 1.807) is 0 Å². The maximum atomic E-state index is 13.0. The molecule has 0 saturated carbocycles. The molecule has 3 atom stereocenters. The second kappa shape index (κ2) is 63.2. The third-order valence-corrected chi connectivity index (χ3v) is 15.6. The van der Waals surface area contributed by atoms with E-state index in [2.05, 4.69) is 153 Å². The van der Waals surface area contributed by atoms with Gasteiger partial charge in [0, 0.05) is 6.42 Å². The van der Waals surface area contributed by atoms with Crippen LogP contribution in [0.15, 0.2) is 134 Å². The van der Waals surface area contributed by atoms with Crippen LogP contribution in [0.3, 0.4) is 0 Å². The number of unbranched alkanes of at least 4 members (excludes halogenated alkanes) is 26. The van der Waals surface area contributed by atoms with Crippen LogP contribution >= 0.6 is 7.82 Å². The van der Waals surface area contributed by atoms with Gasteiger partial charge in [-0.3, -0.25) is 9.36 Å². The lowest BCUT2D eigenvalue weighted by Gasteiger charge is -2.30. The van der Waals surface area contributed by atoms with E-state index in [-0.39, 0.29) is 19.1 Å². The fourth-order valence-electron chi connectivity index (χ4n) is 9.40. The van der Waals surface area contributed by atoms with Crippen LogP contribution in [0.4, 0.5) is 0 Å². The molecule has 9 heteroatoms. The van der Waals surface area contributed by atoms with Gasteiger partial charge in [0.1, 0.15) is 13.2 Å². The van der Waals surface area contributed by atoms with E-state index in [0.29, 0.717) is 23.9 Å². The fourth-order valence-corrected chi connectivity index (χ4v) is 10.1. The number of carbonyl (C=O) groups excluding carboxylic acids is 1. The highest BCUT2D eigenvalue weighted by molar-refractivity contribution is 7.45. The molecule has 8 nitrogen and oxygen atoms in total. The standard InChI is InChI=1S/C74H129N2O6P/c1-6-8-10-12-14-16-18-20-22-24-26-28-30-31-32-33-34-35-36-37-38-39-40-41-42-43-44-45-46-48-50-52-54-56-58-60-62-64-66-68-74(78)75-72(71-82-83(79,80)81-70-69-76(3,4)5)73(77)67-65-63-61-59-57-55-53-51-49-47-29-27-25-23-21-19-17-15-13-11-9-7-2/h8,10,14,16,20,22,26,28,31-32,34-35,37-38,40-41,43-44,46,48,52,54,72-73,77H,6-7,9,11-13,15,17-19,21,23-25,27,29-30,33,36,39,42,45,47,49-51,53,55-71H2,1-5H3,(H-,75,78,79,80)/b10-8-,16-14-,22-20-,28-26-,32-31-,35-34-,38-37-,41-40-,44-43-,48-46-,54-52-. The number of nitrogens with zero attached hydrogens (tertiary/aromatic N) is 1. The van der Waals surface area contributed by atoms with Crippen molar-refractivity contribution in [1.29, 1.82) is 0 Å². The van der Waals surface area contributed by atoms with Crippen molar-refractivity contribution in [2.75, 3.05) is 40.9 Å². The van der Waals surface area contributed by atoms with Crippen molar-refractivity contribution in [2.45, 2.75) is 289 Å². The molecule has 476 valence electrons. The Labute approximate surface area is 513 Å². The normalized spacial score (nSPS) is 14.5. The SMILES string of the molecule is CC/C=C\C/C=C\C/C=C\C/C=C\C/C=C\C/C=C\C/C=C\C/C=C\C/C=C\C/C=C\C/C=C\CCCCCCCC(=O)NC(COP(=O)([O-])OCC[N+](C)(C)C)C(O)CCCCCCCCCCCCCCCCCCCCCCCC.